The largest absolute Gasteiger partial charge is 0.389 e. The minimum absolute atomic E-state index is 0.430. The summed E-state index contributed by atoms with van der Waals surface area (Å²) in [6.07, 6.45) is 1.89. The van der Waals surface area contributed by atoms with Crippen molar-refractivity contribution in [3.8, 4) is 0 Å². The molecule has 2 aromatic rings. The van der Waals surface area contributed by atoms with Gasteiger partial charge < -0.3 is 10.0 Å². The Morgan fingerprint density at radius 1 is 1.14 bits per heavy atom. The summed E-state index contributed by atoms with van der Waals surface area (Å²) >= 11 is 3.66. The molecule has 1 aliphatic heterocycles. The van der Waals surface area contributed by atoms with Crippen molar-refractivity contribution in [2.24, 2.45) is 0 Å². The first-order valence-electron chi connectivity index (χ1n) is 7.44. The lowest BCUT2D eigenvalue weighted by Crippen LogP contribution is -2.22. The molecule has 1 aliphatic rings. The lowest BCUT2D eigenvalue weighted by molar-refractivity contribution is 0.199. The molecule has 0 spiro atoms. The van der Waals surface area contributed by atoms with Crippen molar-refractivity contribution in [3.63, 3.8) is 0 Å². The molecule has 0 amide bonds. The van der Waals surface area contributed by atoms with Crippen LogP contribution in [0.2, 0.25) is 0 Å². The van der Waals surface area contributed by atoms with Gasteiger partial charge in [-0.05, 0) is 64.5 Å². The molecule has 0 radical (unpaired) electrons. The van der Waals surface area contributed by atoms with Gasteiger partial charge in [0.15, 0.2) is 0 Å². The Morgan fingerprint density at radius 3 is 2.62 bits per heavy atom. The summed E-state index contributed by atoms with van der Waals surface area (Å²) in [5.74, 6) is 0. The van der Waals surface area contributed by atoms with E-state index in [1.165, 1.54) is 23.2 Å². The lowest BCUT2D eigenvalue weighted by Gasteiger charge is -2.25. The van der Waals surface area contributed by atoms with Crippen LogP contribution >= 0.6 is 15.9 Å². The Bertz CT molecular complexity index is 639. The zero-order valence-electron chi connectivity index (χ0n) is 12.2. The van der Waals surface area contributed by atoms with Crippen LogP contribution in [-0.2, 0) is 13.0 Å². The van der Waals surface area contributed by atoms with Gasteiger partial charge in [0, 0.05) is 17.6 Å². The lowest BCUT2D eigenvalue weighted by atomic mass is 10.0. The fourth-order valence-electron chi connectivity index (χ4n) is 2.95. The zero-order valence-corrected chi connectivity index (χ0v) is 13.8. The molecule has 1 heterocycles. The van der Waals surface area contributed by atoms with Gasteiger partial charge in [0.2, 0.25) is 0 Å². The van der Waals surface area contributed by atoms with Gasteiger partial charge in [-0.15, -0.1) is 0 Å². The highest BCUT2D eigenvalue weighted by molar-refractivity contribution is 9.10. The number of aryl methyl sites for hydroxylation is 1. The van der Waals surface area contributed by atoms with Gasteiger partial charge in [-0.25, -0.2) is 0 Å². The number of aliphatic hydroxyl groups excluding tert-OH is 1. The van der Waals surface area contributed by atoms with Crippen LogP contribution in [-0.4, -0.2) is 11.7 Å². The van der Waals surface area contributed by atoms with Gasteiger partial charge in [0.05, 0.1) is 11.8 Å². The molecule has 2 nitrogen and oxygen atoms in total. The summed E-state index contributed by atoms with van der Waals surface area (Å²) in [7, 11) is 0. The molecule has 0 saturated carbocycles. The van der Waals surface area contributed by atoms with Crippen molar-refractivity contribution in [1.29, 1.82) is 0 Å². The smallest absolute Gasteiger partial charge is 0.0762 e. The van der Waals surface area contributed by atoms with Crippen LogP contribution < -0.4 is 4.90 Å². The van der Waals surface area contributed by atoms with Gasteiger partial charge in [-0.1, -0.05) is 30.3 Å². The van der Waals surface area contributed by atoms with E-state index in [0.717, 1.165) is 29.5 Å². The number of hydrogen-bond donors (Lipinski definition) is 1. The maximum atomic E-state index is 9.69. The van der Waals surface area contributed by atoms with Crippen LogP contribution in [0.3, 0.4) is 0 Å². The van der Waals surface area contributed by atoms with Crippen molar-refractivity contribution in [2.75, 3.05) is 11.4 Å². The summed E-state index contributed by atoms with van der Waals surface area (Å²) in [5, 5.41) is 9.69. The van der Waals surface area contributed by atoms with E-state index in [1.54, 1.807) is 6.92 Å². The standard InChI is InChI=1S/C18H20BrNO/c1-13(21)15-8-9-18(17(19)11-15)20-10-4-7-14-5-2-3-6-16(14)12-20/h2-3,5-6,8-9,11,13,21H,4,7,10,12H2,1H3/t13-/m0/s1. The molecular weight excluding hydrogens is 326 g/mol. The van der Waals surface area contributed by atoms with E-state index in [1.807, 2.05) is 12.1 Å². The predicted molar refractivity (Wildman–Crippen MR) is 90.6 cm³/mol. The number of rotatable bonds is 2. The summed E-state index contributed by atoms with van der Waals surface area (Å²) in [5.41, 5.74) is 5.04. The normalized spacial score (nSPS) is 16.2. The summed E-state index contributed by atoms with van der Waals surface area (Å²) in [6.45, 7) is 3.80. The van der Waals surface area contributed by atoms with Crippen LogP contribution in [0.15, 0.2) is 46.9 Å². The van der Waals surface area contributed by atoms with E-state index >= 15 is 0 Å². The van der Waals surface area contributed by atoms with E-state index in [2.05, 4.69) is 51.2 Å². The fraction of sp³-hybridized carbons (Fsp3) is 0.333. The Balaban J connectivity index is 1.91. The van der Waals surface area contributed by atoms with E-state index in [-0.39, 0.29) is 0 Å². The Kier molecular flexibility index (Phi) is 4.32. The van der Waals surface area contributed by atoms with Crippen molar-refractivity contribution in [1.82, 2.24) is 0 Å². The SMILES string of the molecule is C[C@H](O)c1ccc(N2CCCc3ccccc3C2)c(Br)c1. The molecule has 1 atom stereocenters. The minimum Gasteiger partial charge on any atom is -0.389 e. The first-order valence-corrected chi connectivity index (χ1v) is 8.23. The number of aliphatic hydroxyl groups is 1. The van der Waals surface area contributed by atoms with Crippen LogP contribution in [0.4, 0.5) is 5.69 Å². The highest BCUT2D eigenvalue weighted by Gasteiger charge is 2.17. The van der Waals surface area contributed by atoms with E-state index in [0.29, 0.717) is 0 Å². The number of benzene rings is 2. The fourth-order valence-corrected chi connectivity index (χ4v) is 3.59. The predicted octanol–water partition coefficient (Wildman–Crippen LogP) is 4.46. The molecule has 21 heavy (non-hydrogen) atoms. The first kappa shape index (κ1) is 14.6. The molecule has 0 aromatic heterocycles. The van der Waals surface area contributed by atoms with Gasteiger partial charge in [0.25, 0.3) is 0 Å². The monoisotopic (exact) mass is 345 g/mol. The molecule has 0 bridgehead atoms. The van der Waals surface area contributed by atoms with Crippen molar-refractivity contribution in [2.45, 2.75) is 32.4 Å². The van der Waals surface area contributed by atoms with Gasteiger partial charge >= 0.3 is 0 Å². The van der Waals surface area contributed by atoms with Crippen LogP contribution in [0.25, 0.3) is 0 Å². The van der Waals surface area contributed by atoms with Crippen LogP contribution in [0, 0.1) is 0 Å². The summed E-state index contributed by atoms with van der Waals surface area (Å²) in [4.78, 5) is 2.42. The van der Waals surface area contributed by atoms with Crippen LogP contribution in [0.1, 0.15) is 36.1 Å². The number of fused-ring (bicyclic) bond motifs is 1. The average molecular weight is 346 g/mol. The third kappa shape index (κ3) is 3.14. The summed E-state index contributed by atoms with van der Waals surface area (Å²) < 4.78 is 1.06. The second-order valence-electron chi connectivity index (χ2n) is 5.68. The average Bonchev–Trinajstić information content (AvgIpc) is 2.69. The molecule has 1 N–H and O–H groups in total. The maximum absolute atomic E-state index is 9.69. The van der Waals surface area contributed by atoms with E-state index < -0.39 is 6.10 Å². The number of hydrogen-bond acceptors (Lipinski definition) is 2. The van der Waals surface area contributed by atoms with Gasteiger partial charge in [-0.2, -0.15) is 0 Å². The molecule has 0 saturated heterocycles. The number of anilines is 1. The molecule has 3 heteroatoms. The highest BCUT2D eigenvalue weighted by atomic mass is 79.9. The van der Waals surface area contributed by atoms with E-state index in [4.69, 9.17) is 0 Å². The van der Waals surface area contributed by atoms with Crippen LogP contribution in [0.5, 0.6) is 0 Å². The Labute approximate surface area is 134 Å². The quantitative estimate of drug-likeness (QED) is 0.868. The van der Waals surface area contributed by atoms with Gasteiger partial charge in [0.1, 0.15) is 0 Å². The minimum atomic E-state index is -0.430. The molecule has 0 fully saturated rings. The Morgan fingerprint density at radius 2 is 1.90 bits per heavy atom. The Hall–Kier alpha value is -1.32. The van der Waals surface area contributed by atoms with Crippen molar-refractivity contribution < 1.29 is 5.11 Å². The summed E-state index contributed by atoms with van der Waals surface area (Å²) in [6, 6.07) is 14.9. The number of nitrogens with zero attached hydrogens (tertiary/aromatic N) is 1. The number of halogens is 1. The molecule has 0 aliphatic carbocycles. The zero-order chi connectivity index (χ0) is 14.8. The third-order valence-electron chi connectivity index (χ3n) is 4.15. The molecule has 2 aromatic carbocycles. The molecule has 3 rings (SSSR count). The second kappa shape index (κ2) is 6.20. The van der Waals surface area contributed by atoms with Crippen molar-refractivity contribution in [3.05, 3.63) is 63.6 Å². The van der Waals surface area contributed by atoms with Crippen molar-refractivity contribution >= 4 is 21.6 Å². The van der Waals surface area contributed by atoms with E-state index in [9.17, 15) is 5.11 Å². The third-order valence-corrected chi connectivity index (χ3v) is 4.78. The highest BCUT2D eigenvalue weighted by Crippen LogP contribution is 2.32. The molecule has 0 unspecified atom stereocenters. The topological polar surface area (TPSA) is 23.5 Å². The molecule has 110 valence electrons. The second-order valence-corrected chi connectivity index (χ2v) is 6.53. The van der Waals surface area contributed by atoms with Gasteiger partial charge in [-0.3, -0.25) is 0 Å². The first-order chi connectivity index (χ1) is 10.1. The maximum Gasteiger partial charge on any atom is 0.0762 e. The molecular formula is C18H20BrNO.